The number of phenols is 1. The Balaban J connectivity index is 1.42. The maximum absolute atomic E-state index is 14.7. The molecule has 0 saturated carbocycles. The van der Waals surface area contributed by atoms with Crippen LogP contribution in [0, 0.1) is 13.5 Å². The van der Waals surface area contributed by atoms with Gasteiger partial charge in [-0.25, -0.2) is 4.85 Å². The minimum absolute atomic E-state index is 0.0714. The average molecular weight is 657 g/mol. The molecule has 240 valence electrons. The number of aryl methyl sites for hydroxylation is 1. The molecule has 4 aromatic carbocycles. The maximum atomic E-state index is 14.7. The molecule has 2 amide bonds. The van der Waals surface area contributed by atoms with E-state index in [-0.39, 0.29) is 17.6 Å². The van der Waals surface area contributed by atoms with Crippen LogP contribution in [0.1, 0.15) is 49.5 Å². The number of benzene rings is 4. The molecule has 9 heteroatoms. The molecule has 3 aliphatic rings. The highest BCUT2D eigenvalue weighted by molar-refractivity contribution is 6.31. The van der Waals surface area contributed by atoms with Gasteiger partial charge in [0.1, 0.15) is 11.5 Å². The van der Waals surface area contributed by atoms with Gasteiger partial charge >= 0.3 is 0 Å². The molecular formula is C39H33ClN4O4. The number of fused-ring (bicyclic) bond motifs is 5. The van der Waals surface area contributed by atoms with Crippen molar-refractivity contribution in [3.05, 3.63) is 135 Å². The molecule has 0 aliphatic carbocycles. The molecule has 8 nitrogen and oxygen atoms in total. The van der Waals surface area contributed by atoms with E-state index in [1.54, 1.807) is 47.4 Å². The lowest BCUT2D eigenvalue weighted by molar-refractivity contribution is 0.0734. The van der Waals surface area contributed by atoms with Gasteiger partial charge < -0.3 is 19.3 Å². The van der Waals surface area contributed by atoms with Gasteiger partial charge in [0.25, 0.3) is 11.8 Å². The van der Waals surface area contributed by atoms with Gasteiger partial charge in [-0.1, -0.05) is 35.4 Å². The van der Waals surface area contributed by atoms with Gasteiger partial charge in [-0.2, -0.15) is 0 Å². The number of nitrogens with zero attached hydrogens (tertiary/aromatic N) is 4. The molecule has 0 unspecified atom stereocenters. The third-order valence-electron chi connectivity index (χ3n) is 9.29. The summed E-state index contributed by atoms with van der Waals surface area (Å²) in [6.45, 7) is 11.2. The third-order valence-corrected chi connectivity index (χ3v) is 9.53. The van der Waals surface area contributed by atoms with E-state index in [9.17, 15) is 14.7 Å². The number of phenolic OH excluding ortho intramolecular Hbond substituents is 1. The Labute approximate surface area is 284 Å². The summed E-state index contributed by atoms with van der Waals surface area (Å²) in [6.07, 6.45) is 2.01. The second-order valence-corrected chi connectivity index (χ2v) is 12.7. The van der Waals surface area contributed by atoms with Crippen LogP contribution in [0.15, 0.2) is 84.9 Å². The van der Waals surface area contributed by atoms with Crippen molar-refractivity contribution in [3.8, 4) is 22.8 Å². The summed E-state index contributed by atoms with van der Waals surface area (Å²) in [5.41, 5.74) is 7.49. The zero-order chi connectivity index (χ0) is 33.5. The van der Waals surface area contributed by atoms with Gasteiger partial charge in [-0.15, -0.1) is 0 Å². The molecular weight excluding hydrogens is 624 g/mol. The standard InChI is InChI=1S/C39H33ClN4O4/c1-24-34-22-36(42(24)3)35-20-27(40)9-14-33(35)38(46)43-16-15-32-26(23-43)7-4-8-37(32)48-17-5-6-25-18-28(41-2)21-30(19-25)44(39(34)47)29-10-12-31(45)13-11-29/h4,7-14,18-22,45H,5-6,15-17,23H2,1,3H3. The van der Waals surface area contributed by atoms with Gasteiger partial charge in [0.05, 0.1) is 18.7 Å². The Hall–Kier alpha value is -5.52. The SMILES string of the molecule is [C-]#[N+]c1cc2cc(c1)N(c1ccc(O)cc1)C(=O)c1cc(n(C)c1C)-c1cc(Cl)ccc1C(=O)N1CCc3c(cccc3OCCC2)C1. The summed E-state index contributed by atoms with van der Waals surface area (Å²) in [4.78, 5) is 36.1. The topological polar surface area (TPSA) is 79.4 Å². The van der Waals surface area contributed by atoms with Crippen LogP contribution in [-0.4, -0.2) is 39.5 Å². The molecule has 0 saturated heterocycles. The van der Waals surface area contributed by atoms with Crippen LogP contribution < -0.4 is 9.64 Å². The molecule has 1 N–H and O–H groups in total. The lowest BCUT2D eigenvalue weighted by atomic mass is 9.96. The zero-order valence-electron chi connectivity index (χ0n) is 26.7. The van der Waals surface area contributed by atoms with Crippen LogP contribution in [0.5, 0.6) is 11.5 Å². The van der Waals surface area contributed by atoms with Gasteiger partial charge in [0.2, 0.25) is 0 Å². The second-order valence-electron chi connectivity index (χ2n) is 12.2. The van der Waals surface area contributed by atoms with E-state index in [2.05, 4.69) is 4.85 Å². The Morgan fingerprint density at radius 3 is 2.48 bits per heavy atom. The third kappa shape index (κ3) is 5.67. The molecule has 8 bridgehead atoms. The van der Waals surface area contributed by atoms with Crippen molar-refractivity contribution in [2.45, 2.75) is 32.7 Å². The number of carbonyl (C=O) groups excluding carboxylic acids is 2. The first-order valence-corrected chi connectivity index (χ1v) is 16.2. The first kappa shape index (κ1) is 31.1. The summed E-state index contributed by atoms with van der Waals surface area (Å²) < 4.78 is 8.20. The number of hydrogen-bond donors (Lipinski definition) is 1. The highest BCUT2D eigenvalue weighted by atomic mass is 35.5. The Morgan fingerprint density at radius 2 is 1.69 bits per heavy atom. The number of aromatic nitrogens is 1. The number of anilines is 2. The van der Waals surface area contributed by atoms with Gasteiger partial charge in [0, 0.05) is 64.6 Å². The van der Waals surface area contributed by atoms with Crippen molar-refractivity contribution >= 4 is 40.5 Å². The molecule has 0 radical (unpaired) electrons. The Morgan fingerprint density at radius 1 is 0.875 bits per heavy atom. The monoisotopic (exact) mass is 656 g/mol. The van der Waals surface area contributed by atoms with E-state index < -0.39 is 0 Å². The normalized spacial score (nSPS) is 14.7. The van der Waals surface area contributed by atoms with Crippen molar-refractivity contribution in [1.82, 2.24) is 9.47 Å². The lowest BCUT2D eigenvalue weighted by Crippen LogP contribution is -2.36. The summed E-state index contributed by atoms with van der Waals surface area (Å²) in [7, 11) is 1.87. The van der Waals surface area contributed by atoms with Crippen molar-refractivity contribution in [1.29, 1.82) is 0 Å². The zero-order valence-corrected chi connectivity index (χ0v) is 27.4. The first-order chi connectivity index (χ1) is 23.2. The van der Waals surface area contributed by atoms with Crippen LogP contribution in [0.2, 0.25) is 5.02 Å². The van der Waals surface area contributed by atoms with Crippen molar-refractivity contribution < 1.29 is 19.4 Å². The van der Waals surface area contributed by atoms with Crippen LogP contribution in [0.3, 0.4) is 0 Å². The predicted octanol–water partition coefficient (Wildman–Crippen LogP) is 8.41. The molecule has 3 aliphatic heterocycles. The summed E-state index contributed by atoms with van der Waals surface area (Å²) >= 11 is 6.54. The highest BCUT2D eigenvalue weighted by Gasteiger charge is 2.29. The van der Waals surface area contributed by atoms with Gasteiger partial charge in [0.15, 0.2) is 5.69 Å². The number of rotatable bonds is 1. The number of hydrogen-bond acceptors (Lipinski definition) is 4. The number of halogens is 1. The minimum Gasteiger partial charge on any atom is -0.508 e. The van der Waals surface area contributed by atoms with Crippen molar-refractivity contribution in [3.63, 3.8) is 0 Å². The minimum atomic E-state index is -0.317. The Bertz CT molecular complexity index is 2130. The van der Waals surface area contributed by atoms with Crippen LogP contribution in [-0.2, 0) is 26.4 Å². The predicted molar refractivity (Wildman–Crippen MR) is 187 cm³/mol. The average Bonchev–Trinajstić information content (AvgIpc) is 3.39. The number of carbonyl (C=O) groups is 2. The Kier molecular flexibility index (Phi) is 8.16. The first-order valence-electron chi connectivity index (χ1n) is 15.9. The van der Waals surface area contributed by atoms with Crippen LogP contribution in [0.25, 0.3) is 16.1 Å². The van der Waals surface area contributed by atoms with E-state index in [4.69, 9.17) is 22.9 Å². The molecule has 48 heavy (non-hydrogen) atoms. The fourth-order valence-corrected chi connectivity index (χ4v) is 6.87. The van der Waals surface area contributed by atoms with Gasteiger partial charge in [-0.05, 0) is 98.5 Å². The molecule has 0 fully saturated rings. The molecule has 4 heterocycles. The second kappa shape index (κ2) is 12.6. The molecule has 8 rings (SSSR count). The number of amides is 2. The summed E-state index contributed by atoms with van der Waals surface area (Å²) in [5.74, 6) is 0.464. The largest absolute Gasteiger partial charge is 0.508 e. The molecule has 0 atom stereocenters. The van der Waals surface area contributed by atoms with E-state index in [0.29, 0.717) is 89.1 Å². The van der Waals surface area contributed by atoms with Crippen LogP contribution in [0.4, 0.5) is 17.1 Å². The van der Waals surface area contributed by atoms with E-state index >= 15 is 0 Å². The lowest BCUT2D eigenvalue weighted by Gasteiger charge is -2.30. The number of ether oxygens (including phenoxy) is 1. The van der Waals surface area contributed by atoms with Crippen molar-refractivity contribution in [2.24, 2.45) is 7.05 Å². The van der Waals surface area contributed by atoms with Crippen LogP contribution >= 0.6 is 11.6 Å². The fourth-order valence-electron chi connectivity index (χ4n) is 6.70. The number of aromatic hydroxyl groups is 1. The van der Waals surface area contributed by atoms with E-state index in [1.807, 2.05) is 53.8 Å². The van der Waals surface area contributed by atoms with E-state index in [0.717, 1.165) is 22.4 Å². The molecule has 1 aromatic heterocycles. The smallest absolute Gasteiger partial charge is 0.264 e. The van der Waals surface area contributed by atoms with Crippen molar-refractivity contribution in [2.75, 3.05) is 18.1 Å². The van der Waals surface area contributed by atoms with E-state index in [1.165, 1.54) is 12.1 Å². The fraction of sp³-hybridized carbons (Fsp3) is 0.205. The van der Waals surface area contributed by atoms with Gasteiger partial charge in [-0.3, -0.25) is 14.5 Å². The molecule has 0 spiro atoms. The highest BCUT2D eigenvalue weighted by Crippen LogP contribution is 2.37. The quantitative estimate of drug-likeness (QED) is 0.184. The summed E-state index contributed by atoms with van der Waals surface area (Å²) in [6, 6.07) is 25.0. The molecule has 5 aromatic rings. The maximum Gasteiger partial charge on any atom is 0.264 e. The summed E-state index contributed by atoms with van der Waals surface area (Å²) in [5, 5.41) is 10.5.